The molecule has 11 heteroatoms. The molecule has 0 saturated heterocycles. The van der Waals surface area contributed by atoms with Crippen LogP contribution in [0.2, 0.25) is 0 Å². The van der Waals surface area contributed by atoms with Crippen molar-refractivity contribution in [2.24, 2.45) is 0 Å². The van der Waals surface area contributed by atoms with Crippen LogP contribution in [0.15, 0.2) is 0 Å². The van der Waals surface area contributed by atoms with E-state index < -0.39 is 23.9 Å². The van der Waals surface area contributed by atoms with Gasteiger partial charge in [-0.3, -0.25) is 19.2 Å². The third-order valence-corrected chi connectivity index (χ3v) is 0. The van der Waals surface area contributed by atoms with Gasteiger partial charge in [0.05, 0.1) is 0 Å². The van der Waals surface area contributed by atoms with Gasteiger partial charge in [-0.2, -0.15) is 0 Å². The zero-order chi connectivity index (χ0) is 14.3. The van der Waals surface area contributed by atoms with E-state index in [0.717, 1.165) is 27.7 Å². The summed E-state index contributed by atoms with van der Waals surface area (Å²) >= 11 is 0. The molecule has 0 unspecified atom stereocenters. The molecule has 0 bridgehead atoms. The molecule has 0 aliphatic carbocycles. The van der Waals surface area contributed by atoms with Crippen LogP contribution in [-0.4, -0.2) is 103 Å². The Hall–Kier alpha value is -0.160. The average molecular weight is 305 g/mol. The van der Waals surface area contributed by atoms with Gasteiger partial charge in [0.1, 0.15) is 0 Å². The van der Waals surface area contributed by atoms with Crippen LogP contribution in [0.1, 0.15) is 27.7 Å². The minimum atomic E-state index is -0.833. The topological polar surface area (TPSA) is 184 Å². The number of carboxylic acids is 4. The first-order valence-corrected chi connectivity index (χ1v) is 3.71. The second-order valence-electron chi connectivity index (χ2n) is 2.08. The number of hydrogen-bond donors (Lipinski definition) is 5. The van der Waals surface area contributed by atoms with E-state index in [9.17, 15) is 0 Å². The molecule has 0 fully saturated rings. The third kappa shape index (κ3) is 175000. The fraction of sp³-hybridized carbons (Fsp3) is 0.500. The molecule has 0 aliphatic rings. The number of hydrogen-bond acceptors (Lipinski definition) is 5. The van der Waals surface area contributed by atoms with Crippen molar-refractivity contribution in [3.63, 3.8) is 0 Å². The molecule has 19 heavy (non-hydrogen) atoms. The third-order valence-electron chi connectivity index (χ3n) is 0. The van der Waals surface area contributed by atoms with Crippen molar-refractivity contribution >= 4 is 83.0 Å². The zero-order valence-electron chi connectivity index (χ0n) is 10.1. The molecule has 0 atom stereocenters. The van der Waals surface area contributed by atoms with Gasteiger partial charge in [0.2, 0.25) is 0 Å². The normalized spacial score (nSPS) is 5.26. The van der Waals surface area contributed by atoms with Crippen LogP contribution < -0.4 is 6.15 Å². The Labute approximate surface area is 155 Å². The van der Waals surface area contributed by atoms with Crippen LogP contribution in [0.5, 0.6) is 0 Å². The second kappa shape index (κ2) is 36.1. The van der Waals surface area contributed by atoms with E-state index in [0.29, 0.717) is 0 Å². The molecule has 0 heterocycles. The van der Waals surface area contributed by atoms with Crippen molar-refractivity contribution in [3.8, 4) is 0 Å². The first kappa shape index (κ1) is 42.8. The van der Waals surface area contributed by atoms with Gasteiger partial charge in [-0.1, -0.05) is 0 Å². The van der Waals surface area contributed by atoms with Crippen LogP contribution >= 0.6 is 0 Å². The standard InChI is InChI=1S/4C2H4O2.H3N.2Na.2H/c4*1-2(3)4;;;;;/h4*1H3,(H,3,4);1H3;;;;. The molecule has 0 aromatic carbocycles. The summed E-state index contributed by atoms with van der Waals surface area (Å²) in [5, 5.41) is 29.7. The maximum atomic E-state index is 9.00. The van der Waals surface area contributed by atoms with Crippen LogP contribution in [0.4, 0.5) is 0 Å². The molecule has 0 aromatic heterocycles. The van der Waals surface area contributed by atoms with Crippen molar-refractivity contribution < 1.29 is 39.6 Å². The van der Waals surface area contributed by atoms with Gasteiger partial charge in [0, 0.05) is 27.7 Å². The van der Waals surface area contributed by atoms with Gasteiger partial charge >= 0.3 is 59.1 Å². The van der Waals surface area contributed by atoms with Crippen LogP contribution in [0.3, 0.4) is 0 Å². The molecular formula is C8H21NNa2O8. The van der Waals surface area contributed by atoms with Gasteiger partial charge in [-0.15, -0.1) is 0 Å². The Morgan fingerprint density at radius 1 is 0.526 bits per heavy atom. The van der Waals surface area contributed by atoms with Gasteiger partial charge < -0.3 is 26.6 Å². The number of carbonyl (C=O) groups is 4. The molecule has 0 radical (unpaired) electrons. The molecule has 7 N–H and O–H groups in total. The summed E-state index contributed by atoms with van der Waals surface area (Å²) in [6, 6.07) is 0. The van der Waals surface area contributed by atoms with E-state index in [2.05, 4.69) is 0 Å². The summed E-state index contributed by atoms with van der Waals surface area (Å²) in [6.45, 7) is 4.33. The monoisotopic (exact) mass is 305 g/mol. The minimum absolute atomic E-state index is 0. The molecule has 0 amide bonds. The number of aliphatic carboxylic acids is 4. The van der Waals surface area contributed by atoms with Gasteiger partial charge in [0.15, 0.2) is 0 Å². The van der Waals surface area contributed by atoms with Crippen LogP contribution in [0, 0.1) is 0 Å². The van der Waals surface area contributed by atoms with Crippen molar-refractivity contribution in [1.29, 1.82) is 0 Å². The Balaban J connectivity index is -0.0000000192. The number of rotatable bonds is 0. The Morgan fingerprint density at radius 3 is 0.526 bits per heavy atom. The predicted octanol–water partition coefficient (Wildman–Crippen LogP) is -0.771. The summed E-state index contributed by atoms with van der Waals surface area (Å²) in [6.07, 6.45) is 0. The fourth-order valence-electron chi connectivity index (χ4n) is 0. The SMILES string of the molecule is CC(=O)O.CC(=O)O.CC(=O)O.CC(=O)O.N.[NaH].[NaH]. The fourth-order valence-corrected chi connectivity index (χ4v) is 0. The first-order valence-electron chi connectivity index (χ1n) is 3.71. The molecule has 0 rings (SSSR count). The summed E-state index contributed by atoms with van der Waals surface area (Å²) in [4.78, 5) is 36.0. The van der Waals surface area contributed by atoms with Gasteiger partial charge in [0.25, 0.3) is 23.9 Å². The Kier molecular flexibility index (Phi) is 81.2. The second-order valence-corrected chi connectivity index (χ2v) is 2.08. The molecule has 0 aliphatic heterocycles. The van der Waals surface area contributed by atoms with E-state index in [1.54, 1.807) is 0 Å². The van der Waals surface area contributed by atoms with Crippen LogP contribution in [0.25, 0.3) is 0 Å². The Morgan fingerprint density at radius 2 is 0.526 bits per heavy atom. The Bertz CT molecular complexity index is 171. The summed E-state index contributed by atoms with van der Waals surface area (Å²) < 4.78 is 0. The van der Waals surface area contributed by atoms with Crippen molar-refractivity contribution in [2.45, 2.75) is 27.7 Å². The molecular weight excluding hydrogens is 284 g/mol. The molecule has 9 nitrogen and oxygen atoms in total. The van der Waals surface area contributed by atoms with Crippen molar-refractivity contribution in [2.75, 3.05) is 0 Å². The van der Waals surface area contributed by atoms with E-state index in [-0.39, 0.29) is 65.3 Å². The van der Waals surface area contributed by atoms with E-state index in [4.69, 9.17) is 39.6 Å². The molecule has 0 saturated carbocycles. The average Bonchev–Trinajstić information content (AvgIpc) is 1.76. The quantitative estimate of drug-likeness (QED) is 0.358. The van der Waals surface area contributed by atoms with Gasteiger partial charge in [-0.25, -0.2) is 0 Å². The van der Waals surface area contributed by atoms with Crippen LogP contribution in [-0.2, 0) is 19.2 Å². The summed E-state index contributed by atoms with van der Waals surface area (Å²) in [5.74, 6) is -3.33. The van der Waals surface area contributed by atoms with Crippen molar-refractivity contribution in [1.82, 2.24) is 6.15 Å². The first-order chi connectivity index (χ1) is 6.93. The van der Waals surface area contributed by atoms with E-state index in [1.807, 2.05) is 0 Å². The molecule has 0 aromatic rings. The van der Waals surface area contributed by atoms with Crippen molar-refractivity contribution in [3.05, 3.63) is 0 Å². The summed E-state index contributed by atoms with van der Waals surface area (Å²) in [5.41, 5.74) is 0. The molecule has 0 spiro atoms. The maximum absolute atomic E-state index is 9.00. The summed E-state index contributed by atoms with van der Waals surface area (Å²) in [7, 11) is 0. The van der Waals surface area contributed by atoms with E-state index in [1.165, 1.54) is 0 Å². The van der Waals surface area contributed by atoms with E-state index >= 15 is 0 Å². The van der Waals surface area contributed by atoms with Gasteiger partial charge in [-0.05, 0) is 0 Å². The zero-order valence-corrected chi connectivity index (χ0v) is 10.1. The molecule has 108 valence electrons. The predicted molar refractivity (Wildman–Crippen MR) is 72.6 cm³/mol. The number of carboxylic acid groups (broad SMARTS) is 4.